The van der Waals surface area contributed by atoms with Crippen molar-refractivity contribution in [1.82, 2.24) is 0 Å². The molecule has 0 bridgehead atoms. The maximum atomic E-state index is 2.51. The van der Waals surface area contributed by atoms with Crippen LogP contribution < -0.4 is 9.80 Å². The van der Waals surface area contributed by atoms with Crippen LogP contribution >= 0.6 is 22.7 Å². The molecule has 2 aliphatic heterocycles. The van der Waals surface area contributed by atoms with E-state index in [0.29, 0.717) is 11.8 Å². The van der Waals surface area contributed by atoms with E-state index in [9.17, 15) is 0 Å². The molecule has 0 saturated carbocycles. The monoisotopic (exact) mass is 610 g/mol. The fourth-order valence-corrected chi connectivity index (χ4v) is 9.31. The van der Waals surface area contributed by atoms with Gasteiger partial charge >= 0.3 is 0 Å². The lowest BCUT2D eigenvalue weighted by Gasteiger charge is -2.36. The van der Waals surface area contributed by atoms with Crippen molar-refractivity contribution in [2.75, 3.05) is 9.80 Å². The second-order valence-electron chi connectivity index (χ2n) is 13.4. The summed E-state index contributed by atoms with van der Waals surface area (Å²) in [7, 11) is 0. The Morgan fingerprint density at radius 3 is 1.25 bits per heavy atom. The van der Waals surface area contributed by atoms with Gasteiger partial charge in [0.05, 0.1) is 32.5 Å². The van der Waals surface area contributed by atoms with Crippen LogP contribution in [0.3, 0.4) is 0 Å². The predicted molar refractivity (Wildman–Crippen MR) is 194 cm³/mol. The standard InChI is InChI=1S/C40H38N2S2/c1-23(2)19-27-7-11-29(12-8-27)41-33-17-15-32-38-34(18-16-31(37(33)38)39-35(41)21-25(5)43-39)42(36-22-26(6)44-40(32)36)30-13-9-28(10-14-30)20-24(3)4/h7-18,21-24H,19-20H2,1-6H3. The van der Waals surface area contributed by atoms with Gasteiger partial charge in [-0.05, 0) is 98.2 Å². The molecule has 2 aromatic heterocycles. The molecule has 2 aliphatic rings. The summed E-state index contributed by atoms with van der Waals surface area (Å²) in [6, 6.07) is 32.8. The molecule has 0 spiro atoms. The highest BCUT2D eigenvalue weighted by molar-refractivity contribution is 7.16. The van der Waals surface area contributed by atoms with Crippen molar-refractivity contribution >= 4 is 67.6 Å². The Hall–Kier alpha value is -3.86. The summed E-state index contributed by atoms with van der Waals surface area (Å²) in [6.45, 7) is 13.6. The van der Waals surface area contributed by atoms with Crippen LogP contribution in [0, 0.1) is 25.7 Å². The Morgan fingerprint density at radius 2 is 0.886 bits per heavy atom. The number of fused-ring (bicyclic) bond motifs is 4. The van der Waals surface area contributed by atoms with Gasteiger partial charge in [0.2, 0.25) is 0 Å². The fourth-order valence-electron chi connectivity index (χ4n) is 7.25. The van der Waals surface area contributed by atoms with Gasteiger partial charge in [-0.3, -0.25) is 0 Å². The van der Waals surface area contributed by atoms with Crippen molar-refractivity contribution in [2.45, 2.75) is 54.4 Å². The number of nitrogens with zero attached hydrogens (tertiary/aromatic N) is 2. The maximum absolute atomic E-state index is 2.51. The summed E-state index contributed by atoms with van der Waals surface area (Å²) in [4.78, 5) is 10.4. The number of rotatable bonds is 6. The van der Waals surface area contributed by atoms with Crippen molar-refractivity contribution in [1.29, 1.82) is 0 Å². The normalized spacial score (nSPS) is 13.3. The second kappa shape index (κ2) is 10.4. The topological polar surface area (TPSA) is 6.48 Å². The van der Waals surface area contributed by atoms with E-state index in [2.05, 4.69) is 136 Å². The number of hydrogen-bond donors (Lipinski definition) is 0. The van der Waals surface area contributed by atoms with E-state index >= 15 is 0 Å². The first kappa shape index (κ1) is 27.7. The lowest BCUT2D eigenvalue weighted by Crippen LogP contribution is -2.17. The van der Waals surface area contributed by atoms with Crippen molar-refractivity contribution in [3.8, 4) is 20.9 Å². The first-order valence-electron chi connectivity index (χ1n) is 15.9. The molecule has 8 rings (SSSR count). The van der Waals surface area contributed by atoms with Gasteiger partial charge in [-0.15, -0.1) is 22.7 Å². The highest BCUT2D eigenvalue weighted by atomic mass is 32.1. The SMILES string of the molecule is Cc1cc2c(s1)-c1ccc3c4c(ccc(c14)N2c1ccc(CC(C)C)cc1)-c1sc(C)cc1N3c1ccc(CC(C)C)cc1. The zero-order chi connectivity index (χ0) is 30.3. The molecule has 0 fully saturated rings. The molecule has 0 atom stereocenters. The molecule has 4 heterocycles. The van der Waals surface area contributed by atoms with Crippen molar-refractivity contribution < 1.29 is 0 Å². The van der Waals surface area contributed by atoms with Gasteiger partial charge in [0.15, 0.2) is 0 Å². The average molecular weight is 611 g/mol. The van der Waals surface area contributed by atoms with Crippen LogP contribution in [-0.2, 0) is 12.8 Å². The molecule has 0 N–H and O–H groups in total. The van der Waals surface area contributed by atoms with Crippen LogP contribution in [0.5, 0.6) is 0 Å². The Labute approximate surface area is 269 Å². The molecule has 2 nitrogen and oxygen atoms in total. The molecule has 0 aliphatic carbocycles. The highest BCUT2D eigenvalue weighted by Gasteiger charge is 2.34. The Bertz CT molecular complexity index is 1890. The smallest absolute Gasteiger partial charge is 0.0651 e. The van der Waals surface area contributed by atoms with Crippen molar-refractivity contribution in [2.24, 2.45) is 11.8 Å². The Morgan fingerprint density at radius 1 is 0.500 bits per heavy atom. The summed E-state index contributed by atoms with van der Waals surface area (Å²) in [6.07, 6.45) is 2.20. The average Bonchev–Trinajstić information content (AvgIpc) is 3.57. The summed E-state index contributed by atoms with van der Waals surface area (Å²) in [5.41, 5.74) is 13.1. The van der Waals surface area contributed by atoms with E-state index in [1.54, 1.807) is 0 Å². The zero-order valence-corrected chi connectivity index (χ0v) is 28.0. The molecule has 0 amide bonds. The van der Waals surface area contributed by atoms with E-state index in [1.807, 2.05) is 22.7 Å². The van der Waals surface area contributed by atoms with Crippen LogP contribution in [0.2, 0.25) is 0 Å². The van der Waals surface area contributed by atoms with Crippen LogP contribution in [-0.4, -0.2) is 0 Å². The molecule has 6 aromatic rings. The van der Waals surface area contributed by atoms with Gasteiger partial charge in [-0.2, -0.15) is 0 Å². The third-order valence-electron chi connectivity index (χ3n) is 8.92. The first-order valence-corrected chi connectivity index (χ1v) is 17.5. The molecule has 0 unspecified atom stereocenters. The lowest BCUT2D eigenvalue weighted by atomic mass is 9.88. The minimum atomic E-state index is 0.644. The summed E-state index contributed by atoms with van der Waals surface area (Å²) >= 11 is 3.83. The van der Waals surface area contributed by atoms with Crippen molar-refractivity contribution in [3.63, 3.8) is 0 Å². The molecule has 0 radical (unpaired) electrons. The van der Waals surface area contributed by atoms with Gasteiger partial charge in [0.1, 0.15) is 0 Å². The van der Waals surface area contributed by atoms with Gasteiger partial charge in [-0.25, -0.2) is 0 Å². The number of anilines is 6. The minimum absolute atomic E-state index is 0.644. The van der Waals surface area contributed by atoms with E-state index in [1.165, 1.54) is 86.7 Å². The summed E-state index contributed by atoms with van der Waals surface area (Å²) < 4.78 is 0. The number of benzene rings is 4. The van der Waals surface area contributed by atoms with Gasteiger partial charge in [-0.1, -0.05) is 64.1 Å². The largest absolute Gasteiger partial charge is 0.308 e. The van der Waals surface area contributed by atoms with Gasteiger partial charge < -0.3 is 9.80 Å². The number of hydrogen-bond acceptors (Lipinski definition) is 4. The van der Waals surface area contributed by atoms with E-state index in [4.69, 9.17) is 0 Å². The van der Waals surface area contributed by atoms with Gasteiger partial charge in [0.25, 0.3) is 0 Å². The molecular formula is C40H38N2S2. The quantitative estimate of drug-likeness (QED) is 0.185. The summed E-state index contributed by atoms with van der Waals surface area (Å²) in [5, 5.41) is 2.72. The summed E-state index contributed by atoms with van der Waals surface area (Å²) in [5.74, 6) is 1.29. The lowest BCUT2D eigenvalue weighted by molar-refractivity contribution is 0.647. The van der Waals surface area contributed by atoms with E-state index in [-0.39, 0.29) is 0 Å². The molecule has 4 heteroatoms. The number of aryl methyl sites for hydroxylation is 2. The van der Waals surface area contributed by atoms with Gasteiger partial charge in [0, 0.05) is 43.0 Å². The number of thiophene rings is 2. The predicted octanol–water partition coefficient (Wildman–Crippen LogP) is 12.9. The molecule has 4 aromatic carbocycles. The molecule has 44 heavy (non-hydrogen) atoms. The highest BCUT2D eigenvalue weighted by Crippen LogP contribution is 2.61. The molecule has 0 saturated heterocycles. The van der Waals surface area contributed by atoms with Crippen LogP contribution in [0.15, 0.2) is 84.9 Å². The maximum Gasteiger partial charge on any atom is 0.0651 e. The fraction of sp³-hybridized carbons (Fsp3) is 0.250. The van der Waals surface area contributed by atoms with Crippen molar-refractivity contribution in [3.05, 3.63) is 106 Å². The third-order valence-corrected chi connectivity index (χ3v) is 11.1. The van der Waals surface area contributed by atoms with E-state index < -0.39 is 0 Å². The first-order chi connectivity index (χ1) is 21.3. The minimum Gasteiger partial charge on any atom is -0.308 e. The van der Waals surface area contributed by atoms with E-state index in [0.717, 1.165) is 12.8 Å². The molecular weight excluding hydrogens is 573 g/mol. The van der Waals surface area contributed by atoms with Crippen LogP contribution in [0.1, 0.15) is 48.6 Å². The Kier molecular flexibility index (Phi) is 6.51. The zero-order valence-electron chi connectivity index (χ0n) is 26.4. The third kappa shape index (κ3) is 4.34. The molecule has 220 valence electrons. The van der Waals surface area contributed by atoms with Crippen LogP contribution in [0.25, 0.3) is 31.7 Å². The van der Waals surface area contributed by atoms with Crippen LogP contribution in [0.4, 0.5) is 34.1 Å². The second-order valence-corrected chi connectivity index (χ2v) is 15.9. The Balaban J connectivity index is 1.37.